The van der Waals surface area contributed by atoms with Gasteiger partial charge in [0, 0.05) is 12.6 Å². The summed E-state index contributed by atoms with van der Waals surface area (Å²) in [5.74, 6) is 0.547. The topological polar surface area (TPSA) is 77.0 Å². The summed E-state index contributed by atoms with van der Waals surface area (Å²) in [4.78, 5) is 16.4. The van der Waals surface area contributed by atoms with Gasteiger partial charge in [0.2, 0.25) is 0 Å². The van der Waals surface area contributed by atoms with Crippen LogP contribution in [-0.4, -0.2) is 27.7 Å². The smallest absolute Gasteiger partial charge is 0.253 e. The summed E-state index contributed by atoms with van der Waals surface area (Å²) in [6.07, 6.45) is 5.33. The molecule has 3 heterocycles. The molecule has 2 aromatic rings. The van der Waals surface area contributed by atoms with E-state index in [0.717, 1.165) is 11.4 Å². The van der Waals surface area contributed by atoms with Crippen LogP contribution in [0.5, 0.6) is 5.75 Å². The molecule has 3 rings (SSSR count). The molecule has 1 unspecified atom stereocenters. The van der Waals surface area contributed by atoms with E-state index >= 15 is 0 Å². The molecular formula is C13H12N4O2. The van der Waals surface area contributed by atoms with Crippen LogP contribution in [0, 0.1) is 0 Å². The van der Waals surface area contributed by atoms with Gasteiger partial charge in [0.1, 0.15) is 11.4 Å². The van der Waals surface area contributed by atoms with Crippen molar-refractivity contribution in [3.05, 3.63) is 48.0 Å². The van der Waals surface area contributed by atoms with Crippen molar-refractivity contribution in [2.75, 3.05) is 6.61 Å². The quantitative estimate of drug-likeness (QED) is 0.871. The van der Waals surface area contributed by atoms with Gasteiger partial charge in [0.05, 0.1) is 30.6 Å². The lowest BCUT2D eigenvalue weighted by atomic mass is 10.1. The lowest BCUT2D eigenvalue weighted by Crippen LogP contribution is -2.32. The van der Waals surface area contributed by atoms with Gasteiger partial charge in [-0.05, 0) is 18.2 Å². The molecule has 0 aromatic carbocycles. The lowest BCUT2D eigenvalue weighted by Gasteiger charge is -2.25. The van der Waals surface area contributed by atoms with Crippen LogP contribution in [0.1, 0.15) is 28.5 Å². The Bertz CT molecular complexity index is 588. The van der Waals surface area contributed by atoms with Gasteiger partial charge in [-0.15, -0.1) is 0 Å². The molecule has 0 saturated carbocycles. The number of ether oxygens (including phenoxy) is 1. The summed E-state index contributed by atoms with van der Waals surface area (Å²) in [6.45, 7) is 0.568. The molecule has 0 fully saturated rings. The molecule has 0 spiro atoms. The van der Waals surface area contributed by atoms with E-state index in [2.05, 4.69) is 20.5 Å². The van der Waals surface area contributed by atoms with Gasteiger partial charge in [-0.2, -0.15) is 10.2 Å². The predicted octanol–water partition coefficient (Wildman–Crippen LogP) is 1.13. The second-order valence-electron chi connectivity index (χ2n) is 4.18. The molecule has 1 aliphatic rings. The van der Waals surface area contributed by atoms with Crippen LogP contribution in [-0.2, 0) is 0 Å². The number of hydrogen-bond acceptors (Lipinski definition) is 5. The number of amides is 1. The van der Waals surface area contributed by atoms with Crippen LogP contribution in [0.25, 0.3) is 0 Å². The number of carbonyl (C=O) groups is 1. The highest BCUT2D eigenvalue weighted by atomic mass is 16.5. The van der Waals surface area contributed by atoms with Crippen molar-refractivity contribution < 1.29 is 9.53 Å². The molecule has 19 heavy (non-hydrogen) atoms. The van der Waals surface area contributed by atoms with Crippen LogP contribution in [0.3, 0.4) is 0 Å². The third kappa shape index (κ3) is 2.37. The Balaban J connectivity index is 1.80. The SMILES string of the molecule is O=C(NC1CCOc2cccnc21)c1ccnnc1. The first-order chi connectivity index (χ1) is 9.34. The second kappa shape index (κ2) is 5.01. The van der Waals surface area contributed by atoms with E-state index in [1.54, 1.807) is 12.3 Å². The van der Waals surface area contributed by atoms with Crippen LogP contribution in [0.2, 0.25) is 0 Å². The number of rotatable bonds is 2. The van der Waals surface area contributed by atoms with Gasteiger partial charge in [-0.3, -0.25) is 9.78 Å². The monoisotopic (exact) mass is 256 g/mol. The second-order valence-corrected chi connectivity index (χ2v) is 4.18. The van der Waals surface area contributed by atoms with E-state index < -0.39 is 0 Å². The first kappa shape index (κ1) is 11.6. The molecule has 1 atom stereocenters. The average Bonchev–Trinajstić information content (AvgIpc) is 2.48. The molecule has 0 bridgehead atoms. The zero-order valence-electron chi connectivity index (χ0n) is 10.1. The first-order valence-corrected chi connectivity index (χ1v) is 6.00. The fourth-order valence-electron chi connectivity index (χ4n) is 2.02. The van der Waals surface area contributed by atoms with Crippen molar-refractivity contribution in [2.24, 2.45) is 0 Å². The molecule has 0 saturated heterocycles. The third-order valence-electron chi connectivity index (χ3n) is 2.95. The number of pyridine rings is 1. The normalized spacial score (nSPS) is 17.2. The molecule has 1 aliphatic heterocycles. The van der Waals surface area contributed by atoms with E-state index in [0.29, 0.717) is 18.6 Å². The number of nitrogens with zero attached hydrogens (tertiary/aromatic N) is 3. The molecule has 96 valence electrons. The van der Waals surface area contributed by atoms with E-state index in [1.165, 1.54) is 12.4 Å². The minimum atomic E-state index is -0.182. The molecule has 6 nitrogen and oxygen atoms in total. The maximum absolute atomic E-state index is 12.1. The highest BCUT2D eigenvalue weighted by molar-refractivity contribution is 5.94. The highest BCUT2D eigenvalue weighted by Gasteiger charge is 2.24. The summed E-state index contributed by atoms with van der Waals surface area (Å²) in [5.41, 5.74) is 1.25. The summed E-state index contributed by atoms with van der Waals surface area (Å²) in [7, 11) is 0. The van der Waals surface area contributed by atoms with Crippen molar-refractivity contribution in [2.45, 2.75) is 12.5 Å². The van der Waals surface area contributed by atoms with E-state index in [1.807, 2.05) is 12.1 Å². The lowest BCUT2D eigenvalue weighted by molar-refractivity contribution is 0.0922. The maximum atomic E-state index is 12.1. The number of fused-ring (bicyclic) bond motifs is 1. The molecule has 0 aliphatic carbocycles. The van der Waals surface area contributed by atoms with E-state index in [4.69, 9.17) is 4.74 Å². The Morgan fingerprint density at radius 3 is 3.11 bits per heavy atom. The number of aromatic nitrogens is 3. The van der Waals surface area contributed by atoms with Gasteiger partial charge < -0.3 is 10.1 Å². The van der Waals surface area contributed by atoms with Crippen molar-refractivity contribution in [3.63, 3.8) is 0 Å². The summed E-state index contributed by atoms with van der Waals surface area (Å²) in [5, 5.41) is 10.3. The third-order valence-corrected chi connectivity index (χ3v) is 2.95. The highest BCUT2D eigenvalue weighted by Crippen LogP contribution is 2.29. The average molecular weight is 256 g/mol. The first-order valence-electron chi connectivity index (χ1n) is 6.00. The van der Waals surface area contributed by atoms with Crippen LogP contribution in [0.15, 0.2) is 36.8 Å². The summed E-state index contributed by atoms with van der Waals surface area (Å²) in [6, 6.07) is 5.16. The minimum absolute atomic E-state index is 0.134. The zero-order chi connectivity index (χ0) is 13.1. The largest absolute Gasteiger partial charge is 0.491 e. The van der Waals surface area contributed by atoms with Crippen LogP contribution < -0.4 is 10.1 Å². The van der Waals surface area contributed by atoms with Crippen molar-refractivity contribution in [1.29, 1.82) is 0 Å². The van der Waals surface area contributed by atoms with Crippen molar-refractivity contribution in [1.82, 2.24) is 20.5 Å². The van der Waals surface area contributed by atoms with Gasteiger partial charge >= 0.3 is 0 Å². The van der Waals surface area contributed by atoms with Gasteiger partial charge in [0.15, 0.2) is 0 Å². The number of nitrogens with one attached hydrogen (secondary N) is 1. The predicted molar refractivity (Wildman–Crippen MR) is 66.6 cm³/mol. The number of carbonyl (C=O) groups excluding carboxylic acids is 1. The standard InChI is InChI=1S/C13H12N4O2/c18-13(9-3-6-15-16-8-9)17-10-4-7-19-11-2-1-5-14-12(10)11/h1-3,5-6,8,10H,4,7H2,(H,17,18). The molecule has 2 aromatic heterocycles. The van der Waals surface area contributed by atoms with Crippen molar-refractivity contribution >= 4 is 5.91 Å². The minimum Gasteiger partial charge on any atom is -0.491 e. The summed E-state index contributed by atoms with van der Waals surface area (Å²) >= 11 is 0. The molecule has 1 amide bonds. The van der Waals surface area contributed by atoms with Crippen LogP contribution in [0.4, 0.5) is 0 Å². The van der Waals surface area contributed by atoms with Gasteiger partial charge in [0.25, 0.3) is 5.91 Å². The van der Waals surface area contributed by atoms with E-state index in [-0.39, 0.29) is 11.9 Å². The fourth-order valence-corrected chi connectivity index (χ4v) is 2.02. The Morgan fingerprint density at radius 1 is 1.32 bits per heavy atom. The van der Waals surface area contributed by atoms with Crippen LogP contribution >= 0.6 is 0 Å². The molecule has 1 N–H and O–H groups in total. The molecule has 0 radical (unpaired) electrons. The van der Waals surface area contributed by atoms with Gasteiger partial charge in [-0.1, -0.05) is 0 Å². The zero-order valence-corrected chi connectivity index (χ0v) is 10.1. The fraction of sp³-hybridized carbons (Fsp3) is 0.231. The Hall–Kier alpha value is -2.50. The number of hydrogen-bond donors (Lipinski definition) is 1. The maximum Gasteiger partial charge on any atom is 0.253 e. The van der Waals surface area contributed by atoms with Crippen molar-refractivity contribution in [3.8, 4) is 5.75 Å². The van der Waals surface area contributed by atoms with E-state index in [9.17, 15) is 4.79 Å². The Morgan fingerprint density at radius 2 is 2.26 bits per heavy atom. The molecular weight excluding hydrogens is 244 g/mol. The molecule has 6 heteroatoms. The Kier molecular flexibility index (Phi) is 3.06. The Labute approximate surface area is 109 Å². The summed E-state index contributed by atoms with van der Waals surface area (Å²) < 4.78 is 5.50. The van der Waals surface area contributed by atoms with Gasteiger partial charge in [-0.25, -0.2) is 0 Å².